The quantitative estimate of drug-likeness (QED) is 0.623. The van der Waals surface area contributed by atoms with Crippen LogP contribution in [0, 0.1) is 23.7 Å². The Morgan fingerprint density at radius 2 is 2.00 bits per heavy atom. The number of likely N-dealkylation sites (N-methyl/N-ethyl adjacent to an activating group) is 1. The van der Waals surface area contributed by atoms with Crippen molar-refractivity contribution >= 4 is 34.2 Å². The number of aliphatic imine (C=N–C) groups is 1. The molecule has 0 spiro atoms. The lowest BCUT2D eigenvalue weighted by atomic mass is 9.84. The maximum absolute atomic E-state index is 9.99. The molecule has 0 radical (unpaired) electrons. The van der Waals surface area contributed by atoms with Crippen molar-refractivity contribution in [1.29, 1.82) is 5.26 Å². The van der Waals surface area contributed by atoms with Crippen LogP contribution in [0.5, 0.6) is 0 Å². The Balaban J connectivity index is 1.36. The molecule has 1 saturated heterocycles. The Labute approximate surface area is 194 Å². The number of fused-ring (bicyclic) bond motifs is 1. The monoisotopic (exact) mass is 439 g/mol. The van der Waals surface area contributed by atoms with Crippen LogP contribution >= 0.6 is 0 Å². The molecule has 3 aromatic rings. The van der Waals surface area contributed by atoms with E-state index in [1.165, 1.54) is 10.9 Å². The molecule has 5 rings (SSSR count). The lowest BCUT2D eigenvalue weighted by molar-refractivity contribution is 0.135. The van der Waals surface area contributed by atoms with Crippen molar-refractivity contribution in [3.63, 3.8) is 0 Å². The summed E-state index contributed by atoms with van der Waals surface area (Å²) >= 11 is 0. The zero-order chi connectivity index (χ0) is 22.8. The molecular weight excluding hydrogens is 410 g/mol. The summed E-state index contributed by atoms with van der Waals surface area (Å²) in [6, 6.07) is 10.8. The number of anilines is 2. The highest BCUT2D eigenvalue weighted by Gasteiger charge is 2.33. The third kappa shape index (κ3) is 4.28. The maximum Gasteiger partial charge on any atom is 0.108 e. The molecule has 0 amide bonds. The second-order valence-electron chi connectivity index (χ2n) is 9.12. The fourth-order valence-electron chi connectivity index (χ4n) is 4.65. The third-order valence-electron chi connectivity index (χ3n) is 6.80. The van der Waals surface area contributed by atoms with E-state index in [1.807, 2.05) is 24.7 Å². The van der Waals surface area contributed by atoms with Gasteiger partial charge in [0.05, 0.1) is 17.5 Å². The van der Waals surface area contributed by atoms with Crippen LogP contribution in [0.15, 0.2) is 53.9 Å². The number of aromatic amines is 1. The average Bonchev–Trinajstić information content (AvgIpc) is 3.33. The minimum Gasteiger partial charge on any atom is -0.361 e. The summed E-state index contributed by atoms with van der Waals surface area (Å²) in [5.74, 6) is 0. The number of aromatic nitrogens is 2. The number of benzene rings is 1. The summed E-state index contributed by atoms with van der Waals surface area (Å²) in [7, 11) is 2.14. The molecule has 168 valence electrons. The van der Waals surface area contributed by atoms with Gasteiger partial charge >= 0.3 is 0 Å². The lowest BCUT2D eigenvalue weighted by Gasteiger charge is -2.36. The molecule has 2 aromatic heterocycles. The Bertz CT molecular complexity index is 1260. The minimum atomic E-state index is -0.578. The number of nitrogens with zero attached hydrogens (tertiary/aromatic N) is 5. The van der Waals surface area contributed by atoms with Crippen molar-refractivity contribution in [3.05, 3.63) is 60.1 Å². The molecule has 33 heavy (non-hydrogen) atoms. The van der Waals surface area contributed by atoms with Crippen LogP contribution in [0.2, 0.25) is 0 Å². The van der Waals surface area contributed by atoms with Gasteiger partial charge < -0.3 is 15.2 Å². The van der Waals surface area contributed by atoms with Crippen LogP contribution < -0.4 is 5.32 Å². The maximum atomic E-state index is 9.99. The Kier molecular flexibility index (Phi) is 5.71. The van der Waals surface area contributed by atoms with E-state index in [0.29, 0.717) is 6.42 Å². The van der Waals surface area contributed by atoms with Crippen LogP contribution in [0.3, 0.4) is 0 Å². The Morgan fingerprint density at radius 1 is 1.15 bits per heavy atom. The Morgan fingerprint density at radius 3 is 2.76 bits per heavy atom. The van der Waals surface area contributed by atoms with E-state index in [9.17, 15) is 5.26 Å². The molecule has 1 fully saturated rings. The number of aryl methyl sites for hydroxylation is 1. The highest BCUT2D eigenvalue weighted by atomic mass is 15.2. The number of hydrogen-bond acceptors (Lipinski definition) is 6. The number of hydrogen-bond donors (Lipinski definition) is 2. The van der Waals surface area contributed by atoms with Gasteiger partial charge in [-0.25, -0.2) is 0 Å². The predicted octanol–water partition coefficient (Wildman–Crippen LogP) is 4.19. The van der Waals surface area contributed by atoms with E-state index >= 15 is 0 Å². The Hall–Kier alpha value is -3.47. The molecule has 1 aromatic carbocycles. The number of pyridine rings is 1. The van der Waals surface area contributed by atoms with Crippen LogP contribution in [0.4, 0.5) is 11.4 Å². The van der Waals surface area contributed by atoms with E-state index < -0.39 is 5.41 Å². The summed E-state index contributed by atoms with van der Waals surface area (Å²) in [6.07, 6.45) is 10.2. The van der Waals surface area contributed by atoms with Crippen molar-refractivity contribution in [2.75, 3.05) is 45.1 Å². The van der Waals surface area contributed by atoms with Crippen LogP contribution in [0.25, 0.3) is 16.6 Å². The highest BCUT2D eigenvalue weighted by molar-refractivity contribution is 5.91. The number of piperazine rings is 1. The molecule has 2 aliphatic rings. The van der Waals surface area contributed by atoms with E-state index in [1.54, 1.807) is 6.20 Å². The highest BCUT2D eigenvalue weighted by Crippen LogP contribution is 2.35. The lowest BCUT2D eigenvalue weighted by Crippen LogP contribution is -2.49. The van der Waals surface area contributed by atoms with Gasteiger partial charge in [-0.05, 0) is 50.2 Å². The van der Waals surface area contributed by atoms with Gasteiger partial charge in [0.1, 0.15) is 5.41 Å². The molecular formula is C26H29N7. The molecule has 2 N–H and O–H groups in total. The zero-order valence-electron chi connectivity index (χ0n) is 19.2. The van der Waals surface area contributed by atoms with E-state index in [2.05, 4.69) is 69.4 Å². The van der Waals surface area contributed by atoms with Crippen LogP contribution in [0.1, 0.15) is 17.5 Å². The smallest absolute Gasteiger partial charge is 0.108 e. The van der Waals surface area contributed by atoms with Crippen LogP contribution in [-0.2, 0) is 0 Å². The number of allylic oxidation sites excluding steroid dienone is 1. The normalized spacial score (nSPS) is 21.7. The summed E-state index contributed by atoms with van der Waals surface area (Å²) < 4.78 is 0. The molecule has 7 heteroatoms. The molecule has 7 nitrogen and oxygen atoms in total. The first kappa shape index (κ1) is 21.4. The van der Waals surface area contributed by atoms with Gasteiger partial charge in [-0.3, -0.25) is 14.9 Å². The van der Waals surface area contributed by atoms with E-state index in [0.717, 1.165) is 60.9 Å². The van der Waals surface area contributed by atoms with Crippen molar-refractivity contribution in [1.82, 2.24) is 19.8 Å². The number of rotatable bonds is 5. The first-order valence-electron chi connectivity index (χ1n) is 11.4. The van der Waals surface area contributed by atoms with Crippen molar-refractivity contribution in [2.24, 2.45) is 10.4 Å². The molecule has 2 aliphatic heterocycles. The molecule has 4 heterocycles. The SMILES string of the molecule is Cc1c(Nc2ccncc2C2=CCC(C#N)(CN3CCN(C)CC3)C=N2)ccc2[nH]ccc12. The van der Waals surface area contributed by atoms with Gasteiger partial charge in [-0.1, -0.05) is 6.08 Å². The van der Waals surface area contributed by atoms with Gasteiger partial charge in [0.2, 0.25) is 0 Å². The van der Waals surface area contributed by atoms with Crippen molar-refractivity contribution < 1.29 is 0 Å². The van der Waals surface area contributed by atoms with Gasteiger partial charge in [0, 0.05) is 79.7 Å². The topological polar surface area (TPSA) is 83.3 Å². The molecule has 0 aliphatic carbocycles. The van der Waals surface area contributed by atoms with Crippen molar-refractivity contribution in [2.45, 2.75) is 13.3 Å². The largest absolute Gasteiger partial charge is 0.361 e. The first-order chi connectivity index (χ1) is 16.1. The summed E-state index contributed by atoms with van der Waals surface area (Å²) in [4.78, 5) is 17.1. The summed E-state index contributed by atoms with van der Waals surface area (Å²) in [6.45, 7) is 6.91. The van der Waals surface area contributed by atoms with Gasteiger partial charge in [-0.15, -0.1) is 0 Å². The van der Waals surface area contributed by atoms with Gasteiger partial charge in [0.15, 0.2) is 0 Å². The number of H-pyrrole nitrogens is 1. The molecule has 0 saturated carbocycles. The van der Waals surface area contributed by atoms with Gasteiger partial charge in [0.25, 0.3) is 0 Å². The van der Waals surface area contributed by atoms with Crippen molar-refractivity contribution in [3.8, 4) is 6.07 Å². The fraction of sp³-hybridized carbons (Fsp3) is 0.346. The van der Waals surface area contributed by atoms with E-state index in [4.69, 9.17) is 4.99 Å². The summed E-state index contributed by atoms with van der Waals surface area (Å²) in [5, 5.41) is 14.8. The summed E-state index contributed by atoms with van der Waals surface area (Å²) in [5.41, 5.74) is 5.54. The fourth-order valence-corrected chi connectivity index (χ4v) is 4.65. The second-order valence-corrected chi connectivity index (χ2v) is 9.12. The predicted molar refractivity (Wildman–Crippen MR) is 134 cm³/mol. The second kappa shape index (κ2) is 8.81. The van der Waals surface area contributed by atoms with Crippen LogP contribution in [-0.4, -0.2) is 65.8 Å². The molecule has 0 bridgehead atoms. The molecule has 1 unspecified atom stereocenters. The zero-order valence-corrected chi connectivity index (χ0v) is 19.2. The standard InChI is InChI=1S/C26H29N7/c1-19-20-6-10-29-23(20)4-3-22(19)31-25-7-9-28-15-21(25)24-5-8-26(16-27,17-30-24)18-33-13-11-32(2)12-14-33/h3-7,9-10,15,17,29H,8,11-14,18H2,1-2H3,(H,28,31). The minimum absolute atomic E-state index is 0.578. The average molecular weight is 440 g/mol. The first-order valence-corrected chi connectivity index (χ1v) is 11.4. The van der Waals surface area contributed by atoms with Gasteiger partial charge in [-0.2, -0.15) is 5.26 Å². The number of nitriles is 1. The number of nitrogens with one attached hydrogen (secondary N) is 2. The van der Waals surface area contributed by atoms with E-state index in [-0.39, 0.29) is 0 Å². The molecule has 1 atom stereocenters. The third-order valence-corrected chi connectivity index (χ3v) is 6.80.